The van der Waals surface area contributed by atoms with E-state index in [4.69, 9.17) is 14.2 Å². The molecule has 0 heterocycles. The number of nitrogens with zero attached hydrogens (tertiary/aromatic N) is 1. The number of amides is 2. The summed E-state index contributed by atoms with van der Waals surface area (Å²) in [6.07, 6.45) is -1.50. The number of hydrogen-bond donors (Lipinski definition) is 2. The van der Waals surface area contributed by atoms with Gasteiger partial charge in [0.2, 0.25) is 5.91 Å². The van der Waals surface area contributed by atoms with Crippen molar-refractivity contribution in [2.75, 3.05) is 40.5 Å². The zero-order valence-electron chi connectivity index (χ0n) is 19.5. The number of carboxylic acids is 1. The summed E-state index contributed by atoms with van der Waals surface area (Å²) < 4.78 is 15.8. The Morgan fingerprint density at radius 1 is 1.03 bits per heavy atom. The molecule has 0 fully saturated rings. The number of aliphatic carboxylic acids is 1. The van der Waals surface area contributed by atoms with Crippen molar-refractivity contribution in [3.8, 4) is 11.1 Å². The molecule has 9 heteroatoms. The van der Waals surface area contributed by atoms with Crippen LogP contribution in [0.2, 0.25) is 0 Å². The molecule has 2 N–H and O–H groups in total. The number of carbonyl (C=O) groups excluding carboxylic acids is 2. The highest BCUT2D eigenvalue weighted by atomic mass is 16.5. The van der Waals surface area contributed by atoms with E-state index in [2.05, 4.69) is 5.32 Å². The molecule has 0 bridgehead atoms. The molecular formula is C25H30N2O7. The molecule has 1 aliphatic carbocycles. The third-order valence-corrected chi connectivity index (χ3v) is 5.93. The van der Waals surface area contributed by atoms with Gasteiger partial charge < -0.3 is 29.5 Å². The SMILES string of the molecule is COCCN(CC(=O)O)C(=O)[C@@H](NC(=O)OCC1c2ccccc2-c2ccccc21)[C@@H](C)OC. The highest BCUT2D eigenvalue weighted by molar-refractivity contribution is 5.88. The molecule has 2 atom stereocenters. The number of ether oxygens (including phenoxy) is 3. The lowest BCUT2D eigenvalue weighted by Gasteiger charge is -2.29. The van der Waals surface area contributed by atoms with Gasteiger partial charge >= 0.3 is 12.1 Å². The van der Waals surface area contributed by atoms with E-state index in [9.17, 15) is 19.5 Å². The molecule has 182 valence electrons. The van der Waals surface area contributed by atoms with Crippen LogP contribution in [0.15, 0.2) is 48.5 Å². The first-order valence-corrected chi connectivity index (χ1v) is 11.0. The van der Waals surface area contributed by atoms with Crippen molar-refractivity contribution < 1.29 is 33.7 Å². The number of carboxylic acid groups (broad SMARTS) is 1. The van der Waals surface area contributed by atoms with E-state index in [1.807, 2.05) is 48.5 Å². The quantitative estimate of drug-likeness (QED) is 0.519. The number of fused-ring (bicyclic) bond motifs is 3. The number of hydrogen-bond acceptors (Lipinski definition) is 6. The maximum absolute atomic E-state index is 13.1. The van der Waals surface area contributed by atoms with Gasteiger partial charge in [0.15, 0.2) is 0 Å². The average Bonchev–Trinajstić information content (AvgIpc) is 3.16. The zero-order valence-corrected chi connectivity index (χ0v) is 19.5. The molecule has 0 radical (unpaired) electrons. The van der Waals surface area contributed by atoms with Crippen molar-refractivity contribution in [2.45, 2.75) is 25.0 Å². The first-order valence-electron chi connectivity index (χ1n) is 11.0. The molecule has 3 rings (SSSR count). The average molecular weight is 471 g/mol. The lowest BCUT2D eigenvalue weighted by atomic mass is 9.98. The van der Waals surface area contributed by atoms with Crippen molar-refractivity contribution in [1.29, 1.82) is 0 Å². The fraction of sp³-hybridized carbons (Fsp3) is 0.400. The van der Waals surface area contributed by atoms with Gasteiger partial charge in [-0.25, -0.2) is 4.79 Å². The van der Waals surface area contributed by atoms with Crippen LogP contribution in [-0.2, 0) is 23.8 Å². The molecule has 2 aromatic rings. The van der Waals surface area contributed by atoms with Gasteiger partial charge in [-0.05, 0) is 29.2 Å². The van der Waals surface area contributed by atoms with Crippen LogP contribution in [-0.4, -0.2) is 80.6 Å². The highest BCUT2D eigenvalue weighted by Crippen LogP contribution is 2.44. The molecule has 0 saturated heterocycles. The predicted octanol–water partition coefficient (Wildman–Crippen LogP) is 2.49. The van der Waals surface area contributed by atoms with E-state index in [-0.39, 0.29) is 25.7 Å². The normalized spacial score (nSPS) is 14.0. The zero-order chi connectivity index (χ0) is 24.7. The monoisotopic (exact) mass is 470 g/mol. The number of rotatable bonds is 11. The minimum Gasteiger partial charge on any atom is -0.480 e. The lowest BCUT2D eigenvalue weighted by molar-refractivity contribution is -0.147. The van der Waals surface area contributed by atoms with E-state index in [1.165, 1.54) is 14.2 Å². The number of nitrogens with one attached hydrogen (secondary N) is 1. The first kappa shape index (κ1) is 25.2. The van der Waals surface area contributed by atoms with Crippen LogP contribution in [0.3, 0.4) is 0 Å². The molecule has 0 unspecified atom stereocenters. The second-order valence-electron chi connectivity index (χ2n) is 8.03. The van der Waals surface area contributed by atoms with Crippen LogP contribution in [0.4, 0.5) is 4.79 Å². The molecule has 0 spiro atoms. The van der Waals surface area contributed by atoms with Crippen LogP contribution in [0.25, 0.3) is 11.1 Å². The maximum Gasteiger partial charge on any atom is 0.407 e. The number of methoxy groups -OCH3 is 2. The molecule has 2 aromatic carbocycles. The predicted molar refractivity (Wildman–Crippen MR) is 125 cm³/mol. The Kier molecular flexibility index (Phi) is 8.61. The van der Waals surface area contributed by atoms with Crippen LogP contribution in [0, 0.1) is 0 Å². The van der Waals surface area contributed by atoms with Gasteiger partial charge in [0.05, 0.1) is 12.7 Å². The summed E-state index contributed by atoms with van der Waals surface area (Å²) in [5.74, 6) is -1.89. The number of carbonyl (C=O) groups is 3. The standard InChI is InChI=1S/C25H30N2O7/c1-16(33-3)23(24(30)27(12-13-32-2)14-22(28)29)26-25(31)34-15-21-19-10-6-4-8-17(19)18-9-5-7-11-20(18)21/h4-11,16,21,23H,12-15H2,1-3H3,(H,26,31)(H,28,29)/t16-,23+/m1/s1. The van der Waals surface area contributed by atoms with Crippen molar-refractivity contribution in [1.82, 2.24) is 10.2 Å². The van der Waals surface area contributed by atoms with Gasteiger partial charge in [-0.1, -0.05) is 48.5 Å². The Labute approximate surface area is 198 Å². The summed E-state index contributed by atoms with van der Waals surface area (Å²) >= 11 is 0. The number of alkyl carbamates (subject to hydrolysis) is 1. The summed E-state index contributed by atoms with van der Waals surface area (Å²) in [7, 11) is 2.86. The summed E-state index contributed by atoms with van der Waals surface area (Å²) in [6, 6.07) is 14.8. The summed E-state index contributed by atoms with van der Waals surface area (Å²) in [5.41, 5.74) is 4.36. The van der Waals surface area contributed by atoms with Gasteiger partial charge in [0, 0.05) is 26.7 Å². The van der Waals surface area contributed by atoms with Crippen molar-refractivity contribution in [2.24, 2.45) is 0 Å². The molecule has 1 aliphatic rings. The minimum atomic E-state index is -1.17. The van der Waals surface area contributed by atoms with Crippen LogP contribution in [0.1, 0.15) is 24.0 Å². The molecule has 34 heavy (non-hydrogen) atoms. The minimum absolute atomic E-state index is 0.0565. The molecule has 0 aromatic heterocycles. The Morgan fingerprint density at radius 2 is 1.62 bits per heavy atom. The van der Waals surface area contributed by atoms with Gasteiger partial charge in [-0.2, -0.15) is 0 Å². The molecule has 0 saturated carbocycles. The van der Waals surface area contributed by atoms with E-state index in [0.29, 0.717) is 0 Å². The van der Waals surface area contributed by atoms with Crippen molar-refractivity contribution in [3.05, 3.63) is 59.7 Å². The largest absolute Gasteiger partial charge is 0.480 e. The van der Waals surface area contributed by atoms with Gasteiger partial charge in [-0.15, -0.1) is 0 Å². The van der Waals surface area contributed by atoms with Crippen LogP contribution in [0.5, 0.6) is 0 Å². The van der Waals surface area contributed by atoms with E-state index in [0.717, 1.165) is 27.2 Å². The molecule has 9 nitrogen and oxygen atoms in total. The highest BCUT2D eigenvalue weighted by Gasteiger charge is 2.33. The maximum atomic E-state index is 13.1. The second-order valence-corrected chi connectivity index (χ2v) is 8.03. The summed E-state index contributed by atoms with van der Waals surface area (Å²) in [5, 5.41) is 11.7. The molecular weight excluding hydrogens is 440 g/mol. The molecule has 0 aliphatic heterocycles. The Balaban J connectivity index is 1.71. The smallest absolute Gasteiger partial charge is 0.407 e. The fourth-order valence-corrected chi connectivity index (χ4v) is 4.11. The number of benzene rings is 2. The summed E-state index contributed by atoms with van der Waals surface area (Å²) in [6.45, 7) is 1.38. The van der Waals surface area contributed by atoms with Gasteiger partial charge in [-0.3, -0.25) is 9.59 Å². The lowest BCUT2D eigenvalue weighted by Crippen LogP contribution is -2.55. The Bertz CT molecular complexity index is 980. The topological polar surface area (TPSA) is 114 Å². The Morgan fingerprint density at radius 3 is 2.15 bits per heavy atom. The first-order chi connectivity index (χ1) is 16.4. The Hall–Kier alpha value is -3.43. The van der Waals surface area contributed by atoms with E-state index < -0.39 is 36.7 Å². The van der Waals surface area contributed by atoms with Crippen LogP contribution >= 0.6 is 0 Å². The molecule has 2 amide bonds. The third-order valence-electron chi connectivity index (χ3n) is 5.93. The van der Waals surface area contributed by atoms with Crippen LogP contribution < -0.4 is 5.32 Å². The van der Waals surface area contributed by atoms with E-state index >= 15 is 0 Å². The third kappa shape index (κ3) is 5.73. The van der Waals surface area contributed by atoms with Crippen molar-refractivity contribution in [3.63, 3.8) is 0 Å². The summed E-state index contributed by atoms with van der Waals surface area (Å²) in [4.78, 5) is 38.1. The fourth-order valence-electron chi connectivity index (χ4n) is 4.11. The van der Waals surface area contributed by atoms with E-state index in [1.54, 1.807) is 6.92 Å². The second kappa shape index (κ2) is 11.6. The van der Waals surface area contributed by atoms with Gasteiger partial charge in [0.25, 0.3) is 0 Å². The van der Waals surface area contributed by atoms with Gasteiger partial charge in [0.1, 0.15) is 19.2 Å². The van der Waals surface area contributed by atoms with Crippen molar-refractivity contribution >= 4 is 18.0 Å².